The highest BCUT2D eigenvalue weighted by atomic mass is 16.4. The summed E-state index contributed by atoms with van der Waals surface area (Å²) in [5, 5.41) is 14.8. The number of fused-ring (bicyclic) bond motifs is 1. The van der Waals surface area contributed by atoms with Crippen molar-refractivity contribution in [2.45, 2.75) is 51.7 Å². The second-order valence-electron chi connectivity index (χ2n) is 7.97. The van der Waals surface area contributed by atoms with Gasteiger partial charge in [0.2, 0.25) is 0 Å². The third-order valence-electron chi connectivity index (χ3n) is 6.11. The van der Waals surface area contributed by atoms with E-state index >= 15 is 0 Å². The van der Waals surface area contributed by atoms with Crippen LogP contribution in [0.15, 0.2) is 54.6 Å². The van der Waals surface area contributed by atoms with E-state index < -0.39 is 5.97 Å². The molecule has 0 spiro atoms. The number of nitrogens with zero attached hydrogens (tertiary/aromatic N) is 1. The Kier molecular flexibility index (Phi) is 5.49. The van der Waals surface area contributed by atoms with Gasteiger partial charge < -0.3 is 15.0 Å². The van der Waals surface area contributed by atoms with Crippen LogP contribution in [0, 0.1) is 5.92 Å². The molecule has 4 nitrogen and oxygen atoms in total. The van der Waals surface area contributed by atoms with Crippen molar-refractivity contribution in [3.05, 3.63) is 71.4 Å². The van der Waals surface area contributed by atoms with Gasteiger partial charge in [0.1, 0.15) is 5.69 Å². The molecule has 0 saturated heterocycles. The van der Waals surface area contributed by atoms with Crippen LogP contribution in [0.25, 0.3) is 10.9 Å². The zero-order valence-corrected chi connectivity index (χ0v) is 16.4. The minimum atomic E-state index is -0.861. The maximum atomic E-state index is 12.3. The lowest BCUT2D eigenvalue weighted by Gasteiger charge is -2.29. The highest BCUT2D eigenvalue weighted by Crippen LogP contribution is 2.29. The lowest BCUT2D eigenvalue weighted by Crippen LogP contribution is -2.37. The van der Waals surface area contributed by atoms with Crippen LogP contribution in [-0.4, -0.2) is 21.7 Å². The van der Waals surface area contributed by atoms with Gasteiger partial charge in [0, 0.05) is 35.6 Å². The summed E-state index contributed by atoms with van der Waals surface area (Å²) in [5.41, 5.74) is 3.39. The Labute approximate surface area is 166 Å². The number of carboxylic acids is 1. The molecule has 2 atom stereocenters. The molecular formula is C24H28N2O2. The van der Waals surface area contributed by atoms with Gasteiger partial charge in [-0.2, -0.15) is 0 Å². The first-order valence-electron chi connectivity index (χ1n) is 10.3. The highest BCUT2D eigenvalue weighted by molar-refractivity contribution is 5.98. The number of aromatic nitrogens is 1. The van der Waals surface area contributed by atoms with E-state index in [4.69, 9.17) is 0 Å². The minimum Gasteiger partial charge on any atom is -0.477 e. The molecule has 0 unspecified atom stereocenters. The fraction of sp³-hybridized carbons (Fsp3) is 0.375. The Morgan fingerprint density at radius 3 is 2.54 bits per heavy atom. The van der Waals surface area contributed by atoms with E-state index in [1.165, 1.54) is 25.7 Å². The van der Waals surface area contributed by atoms with Crippen LogP contribution in [0.1, 0.15) is 54.2 Å². The van der Waals surface area contributed by atoms with Gasteiger partial charge in [-0.05, 0) is 30.4 Å². The molecule has 1 heterocycles. The number of carboxylic acid groups (broad SMARTS) is 1. The van der Waals surface area contributed by atoms with Crippen LogP contribution >= 0.6 is 0 Å². The monoisotopic (exact) mass is 376 g/mol. The van der Waals surface area contributed by atoms with Crippen LogP contribution in [0.2, 0.25) is 0 Å². The van der Waals surface area contributed by atoms with Crippen molar-refractivity contribution < 1.29 is 9.90 Å². The van der Waals surface area contributed by atoms with Gasteiger partial charge in [-0.3, -0.25) is 0 Å². The third-order valence-corrected chi connectivity index (χ3v) is 6.11. The standard InChI is InChI=1S/C24H28N2O2/c1-17-9-5-7-13-21(17)25-15-20-19-12-6-8-14-22(19)26(23(20)24(27)28)16-18-10-3-2-4-11-18/h2-4,6,8,10-12,14,17,21,25H,5,7,9,13,15-16H2,1H3,(H,27,28)/t17-,21+/m0/s1. The minimum absolute atomic E-state index is 0.404. The van der Waals surface area contributed by atoms with Crippen molar-refractivity contribution in [1.82, 2.24) is 9.88 Å². The van der Waals surface area contributed by atoms with Crippen molar-refractivity contribution >= 4 is 16.9 Å². The molecule has 4 heteroatoms. The van der Waals surface area contributed by atoms with E-state index in [9.17, 15) is 9.90 Å². The Balaban J connectivity index is 1.72. The van der Waals surface area contributed by atoms with Crippen molar-refractivity contribution in [2.75, 3.05) is 0 Å². The fourth-order valence-corrected chi connectivity index (χ4v) is 4.58. The largest absolute Gasteiger partial charge is 0.477 e. The van der Waals surface area contributed by atoms with Gasteiger partial charge in [0.15, 0.2) is 0 Å². The fourth-order valence-electron chi connectivity index (χ4n) is 4.58. The predicted molar refractivity (Wildman–Crippen MR) is 113 cm³/mol. The summed E-state index contributed by atoms with van der Waals surface area (Å²) < 4.78 is 1.95. The SMILES string of the molecule is C[C@H]1CCCC[C@H]1NCc1c(C(=O)O)n(Cc2ccccc2)c2ccccc12. The molecule has 3 aromatic rings. The third kappa shape index (κ3) is 3.69. The smallest absolute Gasteiger partial charge is 0.352 e. The summed E-state index contributed by atoms with van der Waals surface area (Å²) in [6, 6.07) is 18.6. The van der Waals surface area contributed by atoms with Crippen LogP contribution in [0.4, 0.5) is 0 Å². The first-order valence-corrected chi connectivity index (χ1v) is 10.3. The molecule has 1 saturated carbocycles. The van der Waals surface area contributed by atoms with E-state index in [2.05, 4.69) is 12.2 Å². The molecule has 28 heavy (non-hydrogen) atoms. The summed E-state index contributed by atoms with van der Waals surface area (Å²) in [6.07, 6.45) is 4.98. The maximum absolute atomic E-state index is 12.3. The summed E-state index contributed by atoms with van der Waals surface area (Å²) in [4.78, 5) is 12.3. The number of aromatic carboxylic acids is 1. The molecule has 1 aliphatic carbocycles. The van der Waals surface area contributed by atoms with Crippen molar-refractivity contribution in [1.29, 1.82) is 0 Å². The average Bonchev–Trinajstić information content (AvgIpc) is 3.02. The van der Waals surface area contributed by atoms with E-state index in [1.807, 2.05) is 59.2 Å². The molecule has 0 amide bonds. The lowest BCUT2D eigenvalue weighted by molar-refractivity contribution is 0.0684. The summed E-state index contributed by atoms with van der Waals surface area (Å²) >= 11 is 0. The predicted octanol–water partition coefficient (Wildman–Crippen LogP) is 5.06. The van der Waals surface area contributed by atoms with Gasteiger partial charge in [0.05, 0.1) is 0 Å². The number of benzene rings is 2. The molecule has 146 valence electrons. The molecule has 1 fully saturated rings. The van der Waals surface area contributed by atoms with Crippen LogP contribution < -0.4 is 5.32 Å². The van der Waals surface area contributed by atoms with Gasteiger partial charge in [0.25, 0.3) is 0 Å². The van der Waals surface area contributed by atoms with Crippen molar-refractivity contribution in [3.8, 4) is 0 Å². The Hall–Kier alpha value is -2.59. The summed E-state index contributed by atoms with van der Waals surface area (Å²) in [6.45, 7) is 3.45. The Morgan fingerprint density at radius 2 is 1.79 bits per heavy atom. The van der Waals surface area contributed by atoms with Crippen molar-refractivity contribution in [3.63, 3.8) is 0 Å². The number of carbonyl (C=O) groups is 1. The molecular weight excluding hydrogens is 348 g/mol. The summed E-state index contributed by atoms with van der Waals surface area (Å²) in [5.74, 6) is -0.222. The van der Waals surface area contributed by atoms with E-state index in [0.717, 1.165) is 22.0 Å². The zero-order chi connectivity index (χ0) is 19.5. The number of hydrogen-bond acceptors (Lipinski definition) is 2. The van der Waals surface area contributed by atoms with Crippen molar-refractivity contribution in [2.24, 2.45) is 5.92 Å². The quantitative estimate of drug-likeness (QED) is 0.632. The normalized spacial score (nSPS) is 19.8. The Bertz CT molecular complexity index is 961. The number of hydrogen-bond donors (Lipinski definition) is 2. The first kappa shape index (κ1) is 18.8. The molecule has 0 aliphatic heterocycles. The molecule has 1 aliphatic rings. The van der Waals surface area contributed by atoms with Gasteiger partial charge >= 0.3 is 5.97 Å². The average molecular weight is 377 g/mol. The second-order valence-corrected chi connectivity index (χ2v) is 7.97. The molecule has 4 rings (SSSR count). The molecule has 1 aromatic heterocycles. The van der Waals surface area contributed by atoms with Gasteiger partial charge in [-0.15, -0.1) is 0 Å². The molecule has 0 radical (unpaired) electrons. The van der Waals surface area contributed by atoms with E-state index in [1.54, 1.807) is 0 Å². The van der Waals surface area contributed by atoms with E-state index in [0.29, 0.717) is 30.7 Å². The maximum Gasteiger partial charge on any atom is 0.352 e. The topological polar surface area (TPSA) is 54.3 Å². The first-order chi connectivity index (χ1) is 13.6. The van der Waals surface area contributed by atoms with Gasteiger partial charge in [-0.1, -0.05) is 68.3 Å². The van der Waals surface area contributed by atoms with Gasteiger partial charge in [-0.25, -0.2) is 4.79 Å². The number of nitrogens with one attached hydrogen (secondary N) is 1. The second kappa shape index (κ2) is 8.19. The summed E-state index contributed by atoms with van der Waals surface area (Å²) in [7, 11) is 0. The number of rotatable bonds is 6. The van der Waals surface area contributed by atoms with Crippen LogP contribution in [0.3, 0.4) is 0 Å². The Morgan fingerprint density at radius 1 is 1.07 bits per heavy atom. The molecule has 2 N–H and O–H groups in total. The lowest BCUT2D eigenvalue weighted by atomic mass is 9.86. The molecule has 2 aromatic carbocycles. The zero-order valence-electron chi connectivity index (χ0n) is 16.4. The molecule has 0 bridgehead atoms. The van der Waals surface area contributed by atoms with E-state index in [-0.39, 0.29) is 0 Å². The van der Waals surface area contributed by atoms with Crippen LogP contribution in [-0.2, 0) is 13.1 Å². The van der Waals surface area contributed by atoms with Crippen LogP contribution in [0.5, 0.6) is 0 Å². The highest BCUT2D eigenvalue weighted by Gasteiger charge is 2.25. The number of para-hydroxylation sites is 1.